The maximum absolute atomic E-state index is 11.2. The fraction of sp³-hybridized carbons (Fsp3) is 0.500. The van der Waals surface area contributed by atoms with Gasteiger partial charge in [-0.3, -0.25) is 4.79 Å². The van der Waals surface area contributed by atoms with Crippen molar-refractivity contribution < 1.29 is 4.79 Å². The lowest BCUT2D eigenvalue weighted by Gasteiger charge is -2.01. The number of anilines is 1. The molecule has 0 radical (unpaired) electrons. The molecule has 0 aliphatic rings. The van der Waals surface area contributed by atoms with Crippen LogP contribution in [-0.4, -0.2) is 24.0 Å². The van der Waals surface area contributed by atoms with Gasteiger partial charge < -0.3 is 10.6 Å². The summed E-state index contributed by atoms with van der Waals surface area (Å²) in [5, 5.41) is 8.18. The first-order valence-corrected chi connectivity index (χ1v) is 5.11. The van der Waals surface area contributed by atoms with Crippen molar-refractivity contribution >= 4 is 22.4 Å². The van der Waals surface area contributed by atoms with E-state index in [1.807, 2.05) is 5.38 Å². The van der Waals surface area contributed by atoms with Crippen LogP contribution in [0.4, 0.5) is 5.13 Å². The predicted octanol–water partition coefficient (Wildman–Crippen LogP) is 1.08. The van der Waals surface area contributed by atoms with Gasteiger partial charge in [-0.1, -0.05) is 6.92 Å². The molecule has 0 saturated carbocycles. The molecule has 1 heterocycles. The van der Waals surface area contributed by atoms with Crippen LogP contribution in [0, 0.1) is 0 Å². The second-order valence-electron chi connectivity index (χ2n) is 2.56. The van der Waals surface area contributed by atoms with Gasteiger partial charge in [0.2, 0.25) is 5.91 Å². The molecule has 0 fully saturated rings. The van der Waals surface area contributed by atoms with E-state index in [-0.39, 0.29) is 5.91 Å². The Hall–Kier alpha value is -0.940. The first-order valence-electron chi connectivity index (χ1n) is 4.23. The number of rotatable bonds is 5. The minimum atomic E-state index is -0.0385. The van der Waals surface area contributed by atoms with Crippen molar-refractivity contribution in [3.05, 3.63) is 11.6 Å². The summed E-state index contributed by atoms with van der Waals surface area (Å²) >= 11 is 1.42. The van der Waals surface area contributed by atoms with Crippen LogP contribution >= 0.6 is 11.3 Å². The zero-order valence-electron chi connectivity index (χ0n) is 7.54. The number of thiazole rings is 1. The summed E-state index contributed by atoms with van der Waals surface area (Å²) in [5.74, 6) is -0.0385. The molecule has 1 amide bonds. The Bertz CT molecular complexity index is 248. The number of aromatic nitrogens is 1. The van der Waals surface area contributed by atoms with Crippen molar-refractivity contribution in [1.82, 2.24) is 10.3 Å². The Morgan fingerprint density at radius 2 is 2.54 bits per heavy atom. The lowest BCUT2D eigenvalue weighted by molar-refractivity contribution is -0.115. The van der Waals surface area contributed by atoms with Gasteiger partial charge in [-0.25, -0.2) is 4.98 Å². The molecule has 5 heteroatoms. The molecular weight excluding hydrogens is 186 g/mol. The Labute approximate surface area is 81.4 Å². The Kier molecular flexibility index (Phi) is 4.42. The third kappa shape index (κ3) is 4.00. The third-order valence-corrected chi connectivity index (χ3v) is 2.08. The van der Waals surface area contributed by atoms with Gasteiger partial charge in [-0.15, -0.1) is 11.3 Å². The fourth-order valence-electron chi connectivity index (χ4n) is 0.827. The average Bonchev–Trinajstić information content (AvgIpc) is 2.57. The summed E-state index contributed by atoms with van der Waals surface area (Å²) in [4.78, 5) is 15.1. The van der Waals surface area contributed by atoms with Gasteiger partial charge in [0.25, 0.3) is 0 Å². The zero-order chi connectivity index (χ0) is 9.52. The topological polar surface area (TPSA) is 54.0 Å². The van der Waals surface area contributed by atoms with E-state index in [9.17, 15) is 4.79 Å². The highest BCUT2D eigenvalue weighted by atomic mass is 32.1. The summed E-state index contributed by atoms with van der Waals surface area (Å²) < 4.78 is 0. The van der Waals surface area contributed by atoms with Gasteiger partial charge in [0, 0.05) is 11.6 Å². The molecule has 1 aromatic rings. The van der Waals surface area contributed by atoms with Crippen molar-refractivity contribution in [2.45, 2.75) is 13.3 Å². The molecule has 2 N–H and O–H groups in total. The normalized spacial score (nSPS) is 9.92. The van der Waals surface area contributed by atoms with Crippen LogP contribution in [0.3, 0.4) is 0 Å². The van der Waals surface area contributed by atoms with E-state index in [4.69, 9.17) is 0 Å². The lowest BCUT2D eigenvalue weighted by atomic mass is 10.4. The molecule has 0 unspecified atom stereocenters. The highest BCUT2D eigenvalue weighted by molar-refractivity contribution is 7.13. The molecule has 0 spiro atoms. The zero-order valence-corrected chi connectivity index (χ0v) is 8.36. The minimum absolute atomic E-state index is 0.0385. The van der Waals surface area contributed by atoms with E-state index in [0.29, 0.717) is 11.7 Å². The monoisotopic (exact) mass is 199 g/mol. The van der Waals surface area contributed by atoms with E-state index < -0.39 is 0 Å². The number of amides is 1. The van der Waals surface area contributed by atoms with Crippen LogP contribution in [-0.2, 0) is 4.79 Å². The number of nitrogens with zero attached hydrogens (tertiary/aromatic N) is 1. The van der Waals surface area contributed by atoms with Gasteiger partial charge >= 0.3 is 0 Å². The number of hydrogen-bond donors (Lipinski definition) is 2. The van der Waals surface area contributed by atoms with Crippen molar-refractivity contribution in [3.8, 4) is 0 Å². The molecule has 4 nitrogen and oxygen atoms in total. The number of hydrogen-bond acceptors (Lipinski definition) is 4. The molecule has 0 aliphatic carbocycles. The molecule has 72 valence electrons. The molecule has 0 bridgehead atoms. The van der Waals surface area contributed by atoms with Gasteiger partial charge in [0.1, 0.15) is 0 Å². The lowest BCUT2D eigenvalue weighted by Crippen LogP contribution is -2.28. The largest absolute Gasteiger partial charge is 0.308 e. The second kappa shape index (κ2) is 5.66. The molecule has 1 rings (SSSR count). The van der Waals surface area contributed by atoms with Crippen LogP contribution in [0.25, 0.3) is 0 Å². The minimum Gasteiger partial charge on any atom is -0.308 e. The van der Waals surface area contributed by atoms with E-state index in [0.717, 1.165) is 13.0 Å². The molecule has 0 atom stereocenters. The quantitative estimate of drug-likeness (QED) is 0.698. The van der Waals surface area contributed by atoms with E-state index in [1.54, 1.807) is 6.20 Å². The highest BCUT2D eigenvalue weighted by Crippen LogP contribution is 2.09. The third-order valence-electron chi connectivity index (χ3n) is 1.39. The van der Waals surface area contributed by atoms with Crippen LogP contribution in [0.1, 0.15) is 13.3 Å². The van der Waals surface area contributed by atoms with Crippen LogP contribution < -0.4 is 10.6 Å². The number of carbonyl (C=O) groups excluding carboxylic acids is 1. The summed E-state index contributed by atoms with van der Waals surface area (Å²) in [5.41, 5.74) is 0. The molecule has 0 saturated heterocycles. The van der Waals surface area contributed by atoms with Crippen LogP contribution in [0.5, 0.6) is 0 Å². The Morgan fingerprint density at radius 3 is 3.15 bits per heavy atom. The second-order valence-corrected chi connectivity index (χ2v) is 3.46. The number of carbonyl (C=O) groups is 1. The van der Waals surface area contributed by atoms with Crippen LogP contribution in [0.2, 0.25) is 0 Å². The summed E-state index contributed by atoms with van der Waals surface area (Å²) in [7, 11) is 0. The molecular formula is C8H13N3OS. The fourth-order valence-corrected chi connectivity index (χ4v) is 1.37. The van der Waals surface area contributed by atoms with Crippen molar-refractivity contribution in [3.63, 3.8) is 0 Å². The smallest absolute Gasteiger partial charge is 0.240 e. The maximum Gasteiger partial charge on any atom is 0.240 e. The standard InChI is InChI=1S/C8H13N3OS/c1-2-3-9-6-7(12)11-8-10-4-5-13-8/h4-5,9H,2-3,6H2,1H3,(H,10,11,12). The van der Waals surface area contributed by atoms with Gasteiger partial charge in [-0.2, -0.15) is 0 Å². The molecule has 0 aliphatic heterocycles. The predicted molar refractivity (Wildman–Crippen MR) is 53.9 cm³/mol. The van der Waals surface area contributed by atoms with E-state index >= 15 is 0 Å². The molecule has 0 aromatic carbocycles. The maximum atomic E-state index is 11.2. The van der Waals surface area contributed by atoms with Crippen LogP contribution in [0.15, 0.2) is 11.6 Å². The van der Waals surface area contributed by atoms with Gasteiger partial charge in [0.05, 0.1) is 6.54 Å². The Balaban J connectivity index is 2.18. The van der Waals surface area contributed by atoms with Crippen molar-refractivity contribution in [2.24, 2.45) is 0 Å². The van der Waals surface area contributed by atoms with Gasteiger partial charge in [-0.05, 0) is 13.0 Å². The summed E-state index contributed by atoms with van der Waals surface area (Å²) in [6, 6.07) is 0. The van der Waals surface area contributed by atoms with E-state index in [2.05, 4.69) is 22.5 Å². The SMILES string of the molecule is CCCNCC(=O)Nc1nccs1. The molecule has 13 heavy (non-hydrogen) atoms. The first kappa shape index (κ1) is 10.1. The Morgan fingerprint density at radius 1 is 1.69 bits per heavy atom. The van der Waals surface area contributed by atoms with Crippen molar-refractivity contribution in [2.75, 3.05) is 18.4 Å². The summed E-state index contributed by atoms with van der Waals surface area (Å²) in [6.45, 7) is 3.28. The molecule has 1 aromatic heterocycles. The highest BCUT2D eigenvalue weighted by Gasteiger charge is 2.01. The van der Waals surface area contributed by atoms with Crippen molar-refractivity contribution in [1.29, 1.82) is 0 Å². The number of nitrogens with one attached hydrogen (secondary N) is 2. The van der Waals surface area contributed by atoms with E-state index in [1.165, 1.54) is 11.3 Å². The van der Waals surface area contributed by atoms with Gasteiger partial charge in [0.15, 0.2) is 5.13 Å². The average molecular weight is 199 g/mol. The first-order chi connectivity index (χ1) is 6.33. The summed E-state index contributed by atoms with van der Waals surface area (Å²) in [6.07, 6.45) is 2.70.